The molecule has 3 rings (SSSR count). The first-order chi connectivity index (χ1) is 11.4. The molecule has 24 heavy (non-hydrogen) atoms. The van der Waals surface area contributed by atoms with Gasteiger partial charge in [-0.25, -0.2) is 13.4 Å². The number of rotatable bonds is 4. The summed E-state index contributed by atoms with van der Waals surface area (Å²) in [5.74, 6) is 0.421. The van der Waals surface area contributed by atoms with Gasteiger partial charge >= 0.3 is 0 Å². The van der Waals surface area contributed by atoms with Gasteiger partial charge in [-0.05, 0) is 38.3 Å². The van der Waals surface area contributed by atoms with Crippen LogP contribution in [0.3, 0.4) is 0 Å². The fourth-order valence-electron chi connectivity index (χ4n) is 3.23. The van der Waals surface area contributed by atoms with Gasteiger partial charge < -0.3 is 4.74 Å². The van der Waals surface area contributed by atoms with Crippen molar-refractivity contribution in [2.75, 3.05) is 13.1 Å². The second-order valence-corrected chi connectivity index (χ2v) is 8.04. The predicted molar refractivity (Wildman–Crippen MR) is 90.5 cm³/mol. The summed E-state index contributed by atoms with van der Waals surface area (Å²) in [5, 5.41) is 0. The van der Waals surface area contributed by atoms with Crippen molar-refractivity contribution in [3.8, 4) is 5.88 Å². The number of aromatic nitrogens is 2. The van der Waals surface area contributed by atoms with Crippen molar-refractivity contribution >= 4 is 10.0 Å². The van der Waals surface area contributed by atoms with E-state index in [4.69, 9.17) is 4.74 Å². The van der Waals surface area contributed by atoms with E-state index in [2.05, 4.69) is 9.97 Å². The standard InChI is InChI=1S/C17H21N3O3S/c1-12-8-13(2)17(14(3)9-12)24(21,22)20-7-4-15(11-20)23-16-10-18-5-6-19-16/h5-6,8-10,15H,4,7,11H2,1-3H3. The second-order valence-electron chi connectivity index (χ2n) is 6.16. The molecule has 2 aromatic rings. The first-order valence-corrected chi connectivity index (χ1v) is 9.32. The van der Waals surface area contributed by atoms with Gasteiger partial charge in [0.25, 0.3) is 0 Å². The van der Waals surface area contributed by atoms with Gasteiger partial charge in [0.2, 0.25) is 15.9 Å². The summed E-state index contributed by atoms with van der Waals surface area (Å²) in [5.41, 5.74) is 2.63. The van der Waals surface area contributed by atoms with Gasteiger partial charge in [0.1, 0.15) is 6.10 Å². The van der Waals surface area contributed by atoms with Gasteiger partial charge in [-0.2, -0.15) is 4.31 Å². The Morgan fingerprint density at radius 2 is 1.88 bits per heavy atom. The molecule has 1 aromatic carbocycles. The molecular weight excluding hydrogens is 326 g/mol. The molecule has 1 aliphatic rings. The van der Waals surface area contributed by atoms with Crippen LogP contribution in [0.4, 0.5) is 0 Å². The van der Waals surface area contributed by atoms with E-state index in [9.17, 15) is 8.42 Å². The van der Waals surface area contributed by atoms with Crippen LogP contribution < -0.4 is 4.74 Å². The summed E-state index contributed by atoms with van der Waals surface area (Å²) < 4.78 is 33.3. The highest BCUT2D eigenvalue weighted by molar-refractivity contribution is 7.89. The Morgan fingerprint density at radius 3 is 2.50 bits per heavy atom. The minimum atomic E-state index is -3.52. The van der Waals surface area contributed by atoms with E-state index in [1.165, 1.54) is 10.5 Å². The zero-order chi connectivity index (χ0) is 17.3. The van der Waals surface area contributed by atoms with Gasteiger partial charge in [-0.15, -0.1) is 0 Å². The number of ether oxygens (including phenoxy) is 1. The Bertz CT molecular complexity index is 814. The van der Waals surface area contributed by atoms with E-state index in [1.54, 1.807) is 12.4 Å². The molecule has 1 unspecified atom stereocenters. The Labute approximate surface area is 142 Å². The summed E-state index contributed by atoms with van der Waals surface area (Å²) in [4.78, 5) is 8.44. The molecule has 7 heteroatoms. The Kier molecular flexibility index (Phi) is 4.56. The first kappa shape index (κ1) is 16.9. The molecule has 1 aromatic heterocycles. The Hall–Kier alpha value is -1.99. The van der Waals surface area contributed by atoms with E-state index in [1.807, 2.05) is 32.9 Å². The molecule has 0 aliphatic carbocycles. The predicted octanol–water partition coefficient (Wildman–Crippen LogP) is 2.24. The molecule has 1 atom stereocenters. The molecule has 128 valence electrons. The summed E-state index contributed by atoms with van der Waals surface area (Å²) in [6.07, 6.45) is 5.09. The maximum atomic E-state index is 13.0. The monoisotopic (exact) mass is 347 g/mol. The van der Waals surface area contributed by atoms with Crippen molar-refractivity contribution in [3.63, 3.8) is 0 Å². The van der Waals surface area contributed by atoms with Gasteiger partial charge in [0, 0.05) is 18.9 Å². The van der Waals surface area contributed by atoms with Crippen LogP contribution in [0.1, 0.15) is 23.1 Å². The van der Waals surface area contributed by atoms with Crippen LogP contribution in [0.5, 0.6) is 5.88 Å². The lowest BCUT2D eigenvalue weighted by molar-refractivity contribution is 0.206. The van der Waals surface area contributed by atoms with Crippen molar-refractivity contribution in [1.29, 1.82) is 0 Å². The largest absolute Gasteiger partial charge is 0.472 e. The number of nitrogens with zero attached hydrogens (tertiary/aromatic N) is 3. The van der Waals surface area contributed by atoms with E-state index in [0.29, 0.717) is 30.3 Å². The van der Waals surface area contributed by atoms with Gasteiger partial charge in [-0.1, -0.05) is 17.7 Å². The summed E-state index contributed by atoms with van der Waals surface area (Å²) in [6, 6.07) is 3.81. The molecule has 0 bridgehead atoms. The molecule has 0 amide bonds. The Balaban J connectivity index is 1.80. The van der Waals surface area contributed by atoms with Crippen LogP contribution in [-0.2, 0) is 10.0 Å². The number of hydrogen-bond donors (Lipinski definition) is 0. The quantitative estimate of drug-likeness (QED) is 0.848. The van der Waals surface area contributed by atoms with Crippen LogP contribution in [0, 0.1) is 20.8 Å². The number of aryl methyl sites for hydroxylation is 3. The zero-order valence-corrected chi connectivity index (χ0v) is 14.9. The third-order valence-electron chi connectivity index (χ3n) is 4.14. The molecule has 6 nitrogen and oxygen atoms in total. The van der Waals surface area contributed by atoms with E-state index in [0.717, 1.165) is 16.7 Å². The number of hydrogen-bond acceptors (Lipinski definition) is 5. The molecule has 0 spiro atoms. The molecular formula is C17H21N3O3S. The van der Waals surface area contributed by atoms with Crippen molar-refractivity contribution in [2.45, 2.75) is 38.2 Å². The zero-order valence-electron chi connectivity index (χ0n) is 14.1. The topological polar surface area (TPSA) is 72.4 Å². The molecule has 0 radical (unpaired) electrons. The fraction of sp³-hybridized carbons (Fsp3) is 0.412. The van der Waals surface area contributed by atoms with Gasteiger partial charge in [0.05, 0.1) is 17.6 Å². The summed E-state index contributed by atoms with van der Waals surface area (Å²) in [7, 11) is -3.52. The first-order valence-electron chi connectivity index (χ1n) is 7.88. The minimum absolute atomic E-state index is 0.206. The summed E-state index contributed by atoms with van der Waals surface area (Å²) >= 11 is 0. The normalized spacial score (nSPS) is 18.7. The SMILES string of the molecule is Cc1cc(C)c(S(=O)(=O)N2CCC(Oc3cnccn3)C2)c(C)c1. The molecule has 2 heterocycles. The van der Waals surface area contributed by atoms with Crippen molar-refractivity contribution in [1.82, 2.24) is 14.3 Å². The van der Waals surface area contributed by atoms with Crippen molar-refractivity contribution in [3.05, 3.63) is 47.4 Å². The number of sulfonamides is 1. The summed E-state index contributed by atoms with van der Waals surface area (Å²) in [6.45, 7) is 6.43. The molecule has 1 saturated heterocycles. The second kappa shape index (κ2) is 6.49. The highest BCUT2D eigenvalue weighted by Gasteiger charge is 2.35. The lowest BCUT2D eigenvalue weighted by Gasteiger charge is -2.20. The average Bonchev–Trinajstić information content (AvgIpc) is 2.96. The lowest BCUT2D eigenvalue weighted by atomic mass is 10.1. The third kappa shape index (κ3) is 3.27. The van der Waals surface area contributed by atoms with Crippen molar-refractivity contribution < 1.29 is 13.2 Å². The van der Waals surface area contributed by atoms with E-state index >= 15 is 0 Å². The smallest absolute Gasteiger partial charge is 0.243 e. The lowest BCUT2D eigenvalue weighted by Crippen LogP contribution is -2.32. The molecule has 1 aliphatic heterocycles. The van der Waals surface area contributed by atoms with E-state index in [-0.39, 0.29) is 6.10 Å². The number of benzene rings is 1. The maximum absolute atomic E-state index is 13.0. The highest BCUT2D eigenvalue weighted by atomic mass is 32.2. The fourth-order valence-corrected chi connectivity index (χ4v) is 5.13. The van der Waals surface area contributed by atoms with Crippen LogP contribution >= 0.6 is 0 Å². The van der Waals surface area contributed by atoms with Crippen molar-refractivity contribution in [2.24, 2.45) is 0 Å². The van der Waals surface area contributed by atoms with Gasteiger partial charge in [0.15, 0.2) is 0 Å². The van der Waals surface area contributed by atoms with Crippen LogP contribution in [0.25, 0.3) is 0 Å². The maximum Gasteiger partial charge on any atom is 0.243 e. The van der Waals surface area contributed by atoms with Crippen LogP contribution in [0.2, 0.25) is 0 Å². The van der Waals surface area contributed by atoms with Crippen LogP contribution in [-0.4, -0.2) is 41.9 Å². The Morgan fingerprint density at radius 1 is 1.17 bits per heavy atom. The minimum Gasteiger partial charge on any atom is -0.472 e. The highest BCUT2D eigenvalue weighted by Crippen LogP contribution is 2.28. The molecule has 0 N–H and O–H groups in total. The van der Waals surface area contributed by atoms with E-state index < -0.39 is 10.0 Å². The molecule has 0 saturated carbocycles. The van der Waals surface area contributed by atoms with Crippen LogP contribution in [0.15, 0.2) is 35.6 Å². The third-order valence-corrected chi connectivity index (χ3v) is 6.31. The molecule has 1 fully saturated rings. The van der Waals surface area contributed by atoms with Gasteiger partial charge in [-0.3, -0.25) is 4.98 Å². The average molecular weight is 347 g/mol.